The molecule has 0 saturated heterocycles. The molecule has 0 atom stereocenters. The first-order valence-electron chi connectivity index (χ1n) is 8.72. The lowest BCUT2D eigenvalue weighted by Crippen LogP contribution is -2.39. The van der Waals surface area contributed by atoms with E-state index in [4.69, 9.17) is 0 Å². The molecule has 0 unspecified atom stereocenters. The van der Waals surface area contributed by atoms with Crippen molar-refractivity contribution in [2.24, 2.45) is 0 Å². The minimum atomic E-state index is -3.73. The molecule has 0 aliphatic carbocycles. The summed E-state index contributed by atoms with van der Waals surface area (Å²) in [4.78, 5) is 12.3. The minimum absolute atomic E-state index is 0.181. The van der Waals surface area contributed by atoms with E-state index in [1.807, 2.05) is 54.6 Å². The van der Waals surface area contributed by atoms with Gasteiger partial charge < -0.3 is 5.32 Å². The zero-order chi connectivity index (χ0) is 19.3. The number of hydrogen-bond donors (Lipinski definition) is 1. The number of benzene rings is 3. The summed E-state index contributed by atoms with van der Waals surface area (Å²) < 4.78 is 26.6. The van der Waals surface area contributed by atoms with Crippen molar-refractivity contribution in [3.8, 4) is 0 Å². The average molecular weight is 382 g/mol. The summed E-state index contributed by atoms with van der Waals surface area (Å²) in [6.45, 7) is 0.247. The Bertz CT molecular complexity index is 1030. The van der Waals surface area contributed by atoms with Gasteiger partial charge in [-0.05, 0) is 34.9 Å². The molecule has 3 rings (SSSR count). The Balaban J connectivity index is 1.61. The Morgan fingerprint density at radius 3 is 2.33 bits per heavy atom. The van der Waals surface area contributed by atoms with Gasteiger partial charge in [0.25, 0.3) is 0 Å². The zero-order valence-electron chi connectivity index (χ0n) is 15.1. The highest BCUT2D eigenvalue weighted by Gasteiger charge is 2.23. The second kappa shape index (κ2) is 8.33. The van der Waals surface area contributed by atoms with Gasteiger partial charge in [0.05, 0.1) is 11.4 Å². The maximum absolute atomic E-state index is 12.8. The van der Waals surface area contributed by atoms with Crippen molar-refractivity contribution in [3.05, 3.63) is 78.4 Å². The molecule has 5 nitrogen and oxygen atoms in total. The van der Waals surface area contributed by atoms with Gasteiger partial charge in [-0.3, -0.25) is 4.79 Å². The van der Waals surface area contributed by atoms with Crippen molar-refractivity contribution in [2.45, 2.75) is 11.3 Å². The van der Waals surface area contributed by atoms with E-state index in [0.29, 0.717) is 13.0 Å². The van der Waals surface area contributed by atoms with E-state index >= 15 is 0 Å². The van der Waals surface area contributed by atoms with Crippen LogP contribution >= 0.6 is 0 Å². The van der Waals surface area contributed by atoms with Gasteiger partial charge in [-0.25, -0.2) is 8.42 Å². The zero-order valence-corrected chi connectivity index (χ0v) is 15.9. The van der Waals surface area contributed by atoms with Crippen LogP contribution in [0.15, 0.2) is 77.7 Å². The summed E-state index contributed by atoms with van der Waals surface area (Å²) >= 11 is 0. The summed E-state index contributed by atoms with van der Waals surface area (Å²) in [5.74, 6) is -0.321. The van der Waals surface area contributed by atoms with Gasteiger partial charge in [0.2, 0.25) is 15.9 Å². The maximum atomic E-state index is 12.8. The first-order chi connectivity index (χ1) is 13.0. The number of likely N-dealkylation sites (N-methyl/N-ethyl adjacent to an activating group) is 1. The number of hydrogen-bond acceptors (Lipinski definition) is 3. The standard InChI is InChI=1S/C21H22N2O3S/c1-23(16-21(24)22-14-13-17-7-3-2-4-8-17)27(25,26)20-12-11-18-9-5-6-10-19(18)15-20/h2-12,15H,13-14,16H2,1H3,(H,22,24). The number of nitrogens with zero attached hydrogens (tertiary/aromatic N) is 1. The molecule has 0 bridgehead atoms. The van der Waals surface area contributed by atoms with Gasteiger partial charge in [0.1, 0.15) is 0 Å². The monoisotopic (exact) mass is 382 g/mol. The van der Waals surface area contributed by atoms with Crippen LogP contribution in [0, 0.1) is 0 Å². The molecule has 0 aromatic heterocycles. The molecule has 0 spiro atoms. The quantitative estimate of drug-likeness (QED) is 0.683. The predicted molar refractivity (Wildman–Crippen MR) is 107 cm³/mol. The van der Waals surface area contributed by atoms with Crippen LogP contribution in [0.2, 0.25) is 0 Å². The van der Waals surface area contributed by atoms with Crippen LogP contribution in [-0.2, 0) is 21.2 Å². The number of carbonyl (C=O) groups excluding carboxylic acids is 1. The fraction of sp³-hybridized carbons (Fsp3) is 0.190. The number of sulfonamides is 1. The van der Waals surface area contributed by atoms with Gasteiger partial charge >= 0.3 is 0 Å². The van der Waals surface area contributed by atoms with E-state index in [-0.39, 0.29) is 17.3 Å². The SMILES string of the molecule is CN(CC(=O)NCCc1ccccc1)S(=O)(=O)c1ccc2ccccc2c1. The molecule has 0 aliphatic rings. The highest BCUT2D eigenvalue weighted by atomic mass is 32.2. The highest BCUT2D eigenvalue weighted by molar-refractivity contribution is 7.89. The summed E-state index contributed by atoms with van der Waals surface area (Å²) in [6.07, 6.45) is 0.702. The Labute approximate surface area is 159 Å². The summed E-state index contributed by atoms with van der Waals surface area (Å²) in [5.41, 5.74) is 1.12. The molecule has 27 heavy (non-hydrogen) atoms. The Morgan fingerprint density at radius 2 is 1.59 bits per heavy atom. The van der Waals surface area contributed by atoms with Crippen LogP contribution in [0.25, 0.3) is 10.8 Å². The lowest BCUT2D eigenvalue weighted by Gasteiger charge is -2.17. The molecule has 1 N–H and O–H groups in total. The minimum Gasteiger partial charge on any atom is -0.355 e. The fourth-order valence-corrected chi connectivity index (χ4v) is 4.00. The van der Waals surface area contributed by atoms with Crippen LogP contribution < -0.4 is 5.32 Å². The molecule has 0 aliphatic heterocycles. The predicted octanol–water partition coefficient (Wildman–Crippen LogP) is 2.82. The van der Waals surface area contributed by atoms with Crippen molar-refractivity contribution in [2.75, 3.05) is 20.1 Å². The molecule has 3 aromatic rings. The Hall–Kier alpha value is -2.70. The molecular formula is C21H22N2O3S. The molecule has 0 saturated carbocycles. The topological polar surface area (TPSA) is 66.5 Å². The van der Waals surface area contributed by atoms with Crippen molar-refractivity contribution >= 4 is 26.7 Å². The van der Waals surface area contributed by atoms with E-state index in [1.165, 1.54) is 7.05 Å². The molecule has 6 heteroatoms. The van der Waals surface area contributed by atoms with Crippen LogP contribution in [-0.4, -0.2) is 38.8 Å². The molecule has 1 amide bonds. The number of nitrogens with one attached hydrogen (secondary N) is 1. The highest BCUT2D eigenvalue weighted by Crippen LogP contribution is 2.21. The number of amides is 1. The van der Waals surface area contributed by atoms with E-state index in [0.717, 1.165) is 20.6 Å². The average Bonchev–Trinajstić information content (AvgIpc) is 2.68. The molecule has 3 aromatic carbocycles. The fourth-order valence-electron chi connectivity index (χ4n) is 2.84. The first kappa shape index (κ1) is 19.1. The Morgan fingerprint density at radius 1 is 0.926 bits per heavy atom. The Kier molecular flexibility index (Phi) is 5.88. The van der Waals surface area contributed by atoms with Crippen molar-refractivity contribution in [1.82, 2.24) is 9.62 Å². The van der Waals surface area contributed by atoms with Gasteiger partial charge in [-0.2, -0.15) is 4.31 Å². The summed E-state index contributed by atoms with van der Waals surface area (Å²) in [7, 11) is -2.31. The van der Waals surface area contributed by atoms with Gasteiger partial charge in [-0.15, -0.1) is 0 Å². The van der Waals surface area contributed by atoms with Gasteiger partial charge in [0.15, 0.2) is 0 Å². The van der Waals surface area contributed by atoms with Crippen molar-refractivity contribution in [3.63, 3.8) is 0 Å². The van der Waals surface area contributed by atoms with E-state index in [2.05, 4.69) is 5.32 Å². The second-order valence-corrected chi connectivity index (χ2v) is 8.40. The molecule has 0 fully saturated rings. The third-order valence-electron chi connectivity index (χ3n) is 4.37. The lowest BCUT2D eigenvalue weighted by atomic mass is 10.1. The number of rotatable bonds is 7. The molecular weight excluding hydrogens is 360 g/mol. The van der Waals surface area contributed by atoms with Crippen molar-refractivity contribution in [1.29, 1.82) is 0 Å². The molecule has 0 heterocycles. The largest absolute Gasteiger partial charge is 0.355 e. The molecule has 0 radical (unpaired) electrons. The van der Waals surface area contributed by atoms with Crippen molar-refractivity contribution < 1.29 is 13.2 Å². The molecule has 140 valence electrons. The smallest absolute Gasteiger partial charge is 0.243 e. The first-order valence-corrected chi connectivity index (χ1v) is 10.2. The van der Waals surface area contributed by atoms with E-state index in [1.54, 1.807) is 18.2 Å². The number of carbonyl (C=O) groups is 1. The maximum Gasteiger partial charge on any atom is 0.243 e. The summed E-state index contributed by atoms with van der Waals surface area (Å²) in [6, 6.07) is 22.3. The van der Waals surface area contributed by atoms with Crippen LogP contribution in [0.1, 0.15) is 5.56 Å². The van der Waals surface area contributed by atoms with Crippen LogP contribution in [0.4, 0.5) is 0 Å². The number of fused-ring (bicyclic) bond motifs is 1. The van der Waals surface area contributed by atoms with Crippen LogP contribution in [0.5, 0.6) is 0 Å². The third-order valence-corrected chi connectivity index (χ3v) is 6.17. The van der Waals surface area contributed by atoms with E-state index < -0.39 is 10.0 Å². The van der Waals surface area contributed by atoms with Gasteiger partial charge in [-0.1, -0.05) is 60.7 Å². The lowest BCUT2D eigenvalue weighted by molar-refractivity contribution is -0.121. The second-order valence-electron chi connectivity index (χ2n) is 6.36. The van der Waals surface area contributed by atoms with Gasteiger partial charge in [0, 0.05) is 13.6 Å². The normalized spacial score (nSPS) is 11.6. The van der Waals surface area contributed by atoms with E-state index in [9.17, 15) is 13.2 Å². The third kappa shape index (κ3) is 4.72. The van der Waals surface area contributed by atoms with Crippen LogP contribution in [0.3, 0.4) is 0 Å². The summed E-state index contributed by atoms with van der Waals surface area (Å²) in [5, 5.41) is 4.59.